The van der Waals surface area contributed by atoms with Gasteiger partial charge in [0.05, 0.1) is 20.0 Å². The van der Waals surface area contributed by atoms with Crippen molar-refractivity contribution in [1.82, 2.24) is 15.1 Å². The van der Waals surface area contributed by atoms with E-state index in [2.05, 4.69) is 24.0 Å². The number of rotatable bonds is 6. The van der Waals surface area contributed by atoms with E-state index in [1.54, 1.807) is 32.4 Å². The van der Waals surface area contributed by atoms with Crippen LogP contribution >= 0.6 is 11.8 Å². The highest BCUT2D eigenvalue weighted by atomic mass is 32.2. The van der Waals surface area contributed by atoms with E-state index in [-0.39, 0.29) is 5.91 Å². The topological polar surface area (TPSA) is 77.7 Å². The third kappa shape index (κ3) is 4.94. The number of aromatic nitrogens is 2. The maximum absolute atomic E-state index is 12.5. The van der Waals surface area contributed by atoms with Crippen LogP contribution in [0.1, 0.15) is 20.3 Å². The molecule has 0 radical (unpaired) electrons. The average Bonchev–Trinajstić information content (AvgIpc) is 3.14. The molecule has 0 spiro atoms. The molecule has 1 aromatic heterocycles. The molecule has 0 aliphatic carbocycles. The lowest BCUT2D eigenvalue weighted by Crippen LogP contribution is -2.43. The molecule has 3 rings (SSSR count). The number of piperidine rings is 1. The molecule has 146 valence electrons. The minimum atomic E-state index is 0.112. The van der Waals surface area contributed by atoms with Gasteiger partial charge in [0.2, 0.25) is 11.8 Å². The first-order chi connectivity index (χ1) is 13.0. The van der Waals surface area contributed by atoms with Gasteiger partial charge < -0.3 is 18.8 Å². The fraction of sp³-hybridized carbons (Fsp3) is 0.526. The van der Waals surface area contributed by atoms with Gasteiger partial charge in [-0.25, -0.2) is 0 Å². The summed E-state index contributed by atoms with van der Waals surface area (Å²) >= 11 is 1.27. The van der Waals surface area contributed by atoms with Gasteiger partial charge in [-0.1, -0.05) is 25.6 Å². The quantitative estimate of drug-likeness (QED) is 0.699. The highest BCUT2D eigenvalue weighted by Gasteiger charge is 2.25. The van der Waals surface area contributed by atoms with Crippen LogP contribution in [-0.4, -0.2) is 54.1 Å². The fourth-order valence-electron chi connectivity index (χ4n) is 3.40. The Hall–Kier alpha value is -2.22. The Morgan fingerprint density at radius 2 is 1.78 bits per heavy atom. The Bertz CT molecular complexity index is 763. The fourth-order valence-corrected chi connectivity index (χ4v) is 4.06. The van der Waals surface area contributed by atoms with Crippen LogP contribution in [0.5, 0.6) is 11.5 Å². The Kier molecular flexibility index (Phi) is 6.26. The number of nitrogens with zero attached hydrogens (tertiary/aromatic N) is 3. The van der Waals surface area contributed by atoms with E-state index in [9.17, 15) is 4.79 Å². The molecule has 1 aromatic carbocycles. The zero-order chi connectivity index (χ0) is 19.4. The number of likely N-dealkylation sites (tertiary alicyclic amines) is 1. The number of carbonyl (C=O) groups is 1. The standard InChI is InChI=1S/C19H25N3O4S/c1-12-5-13(2)10-22(9-12)17(23)11-27-19-21-20-18(26-19)14-6-15(24-3)8-16(7-14)25-4/h6-8,12-13H,5,9-11H2,1-4H3/t12-,13-/m0/s1. The second kappa shape index (κ2) is 8.65. The molecule has 1 saturated heterocycles. The van der Waals surface area contributed by atoms with Crippen molar-refractivity contribution in [2.75, 3.05) is 33.1 Å². The molecule has 0 saturated carbocycles. The Morgan fingerprint density at radius 1 is 1.15 bits per heavy atom. The summed E-state index contributed by atoms with van der Waals surface area (Å²) in [5, 5.41) is 8.50. The van der Waals surface area contributed by atoms with E-state index in [0.29, 0.717) is 45.8 Å². The molecule has 1 aliphatic heterocycles. The number of hydrogen-bond acceptors (Lipinski definition) is 7. The van der Waals surface area contributed by atoms with E-state index >= 15 is 0 Å². The van der Waals surface area contributed by atoms with Crippen LogP contribution < -0.4 is 9.47 Å². The Morgan fingerprint density at radius 3 is 2.37 bits per heavy atom. The van der Waals surface area contributed by atoms with Gasteiger partial charge in [0.25, 0.3) is 5.22 Å². The van der Waals surface area contributed by atoms with Gasteiger partial charge in [-0.2, -0.15) is 0 Å². The second-order valence-electron chi connectivity index (χ2n) is 7.01. The molecule has 8 heteroatoms. The van der Waals surface area contributed by atoms with Gasteiger partial charge >= 0.3 is 0 Å². The first-order valence-corrected chi connectivity index (χ1v) is 9.94. The van der Waals surface area contributed by atoms with Crippen molar-refractivity contribution in [1.29, 1.82) is 0 Å². The molecule has 27 heavy (non-hydrogen) atoms. The monoisotopic (exact) mass is 391 g/mol. The van der Waals surface area contributed by atoms with Crippen LogP contribution in [0.4, 0.5) is 0 Å². The Labute approximate surface area is 163 Å². The third-order valence-electron chi connectivity index (χ3n) is 4.55. The van der Waals surface area contributed by atoms with E-state index in [1.807, 2.05) is 4.90 Å². The van der Waals surface area contributed by atoms with E-state index < -0.39 is 0 Å². The second-order valence-corrected chi connectivity index (χ2v) is 7.93. The van der Waals surface area contributed by atoms with Crippen LogP contribution in [0.15, 0.2) is 27.8 Å². The van der Waals surface area contributed by atoms with Gasteiger partial charge in [-0.15, -0.1) is 10.2 Å². The predicted molar refractivity (Wildman–Crippen MR) is 103 cm³/mol. The minimum Gasteiger partial charge on any atom is -0.497 e. The number of amides is 1. The summed E-state index contributed by atoms with van der Waals surface area (Å²) < 4.78 is 16.2. The molecule has 1 aliphatic rings. The first-order valence-electron chi connectivity index (χ1n) is 8.96. The molecule has 2 aromatic rings. The number of benzene rings is 1. The highest BCUT2D eigenvalue weighted by Crippen LogP contribution is 2.30. The van der Waals surface area contributed by atoms with Crippen LogP contribution in [0.2, 0.25) is 0 Å². The zero-order valence-corrected chi connectivity index (χ0v) is 16.9. The number of carbonyl (C=O) groups excluding carboxylic acids is 1. The van der Waals surface area contributed by atoms with E-state index in [4.69, 9.17) is 13.9 Å². The number of ether oxygens (including phenoxy) is 2. The maximum atomic E-state index is 12.5. The largest absolute Gasteiger partial charge is 0.497 e. The molecule has 2 atom stereocenters. The van der Waals surface area contributed by atoms with Gasteiger partial charge in [0.1, 0.15) is 11.5 Å². The van der Waals surface area contributed by atoms with Gasteiger partial charge in [-0.05, 0) is 30.4 Å². The highest BCUT2D eigenvalue weighted by molar-refractivity contribution is 7.99. The van der Waals surface area contributed by atoms with Crippen molar-refractivity contribution in [3.05, 3.63) is 18.2 Å². The van der Waals surface area contributed by atoms with Gasteiger partial charge in [-0.3, -0.25) is 4.79 Å². The molecule has 1 fully saturated rings. The van der Waals surface area contributed by atoms with E-state index in [0.717, 1.165) is 13.1 Å². The van der Waals surface area contributed by atoms with Crippen LogP contribution in [0.3, 0.4) is 0 Å². The molecular weight excluding hydrogens is 366 g/mol. The summed E-state index contributed by atoms with van der Waals surface area (Å²) in [6, 6.07) is 5.37. The lowest BCUT2D eigenvalue weighted by molar-refractivity contribution is -0.130. The van der Waals surface area contributed by atoms with Crippen molar-refractivity contribution in [3.63, 3.8) is 0 Å². The summed E-state index contributed by atoms with van der Waals surface area (Å²) in [6.45, 7) is 6.02. The van der Waals surface area contributed by atoms with Crippen molar-refractivity contribution in [2.45, 2.75) is 25.5 Å². The molecule has 1 amide bonds. The van der Waals surface area contributed by atoms with Crippen molar-refractivity contribution in [3.8, 4) is 23.0 Å². The zero-order valence-electron chi connectivity index (χ0n) is 16.1. The molecule has 7 nitrogen and oxygen atoms in total. The smallest absolute Gasteiger partial charge is 0.277 e. The van der Waals surface area contributed by atoms with E-state index in [1.165, 1.54) is 18.2 Å². The summed E-state index contributed by atoms with van der Waals surface area (Å²) in [4.78, 5) is 14.4. The average molecular weight is 391 g/mol. The summed E-state index contributed by atoms with van der Waals surface area (Å²) in [5.74, 6) is 3.13. The lowest BCUT2D eigenvalue weighted by Gasteiger charge is -2.34. The molecule has 0 bridgehead atoms. The third-order valence-corrected chi connectivity index (χ3v) is 5.35. The Balaban J connectivity index is 1.64. The normalized spacial score (nSPS) is 19.8. The molecule has 2 heterocycles. The predicted octanol–water partition coefficient (Wildman–Crippen LogP) is 3.35. The molecule has 0 unspecified atom stereocenters. The lowest BCUT2D eigenvalue weighted by atomic mass is 9.92. The molecular formula is C19H25N3O4S. The minimum absolute atomic E-state index is 0.112. The number of hydrogen-bond donors (Lipinski definition) is 0. The van der Waals surface area contributed by atoms with Gasteiger partial charge in [0, 0.05) is 24.7 Å². The molecule has 0 N–H and O–H groups in total. The van der Waals surface area contributed by atoms with Crippen molar-refractivity contribution >= 4 is 17.7 Å². The van der Waals surface area contributed by atoms with Crippen molar-refractivity contribution < 1.29 is 18.7 Å². The van der Waals surface area contributed by atoms with Crippen molar-refractivity contribution in [2.24, 2.45) is 11.8 Å². The summed E-state index contributed by atoms with van der Waals surface area (Å²) in [7, 11) is 3.17. The van der Waals surface area contributed by atoms with Crippen LogP contribution in [0.25, 0.3) is 11.5 Å². The van der Waals surface area contributed by atoms with Gasteiger partial charge in [0.15, 0.2) is 0 Å². The summed E-state index contributed by atoms with van der Waals surface area (Å²) in [5.41, 5.74) is 0.704. The first kappa shape index (κ1) is 19.5. The van der Waals surface area contributed by atoms with Crippen LogP contribution in [-0.2, 0) is 4.79 Å². The van der Waals surface area contributed by atoms with Crippen LogP contribution in [0, 0.1) is 11.8 Å². The maximum Gasteiger partial charge on any atom is 0.277 e. The number of thioether (sulfide) groups is 1. The SMILES string of the molecule is COc1cc(OC)cc(-c2nnc(SCC(=O)N3C[C@@H](C)C[C@H](C)C3)o2)c1. The number of methoxy groups -OCH3 is 2. The summed E-state index contributed by atoms with van der Waals surface area (Å²) in [6.07, 6.45) is 1.17.